The van der Waals surface area contributed by atoms with E-state index >= 15 is 0 Å². The Bertz CT molecular complexity index is 1540. The van der Waals surface area contributed by atoms with Crippen molar-refractivity contribution in [2.45, 2.75) is 30.7 Å². The number of benzene rings is 2. The molecule has 2 aromatic carbocycles. The number of aryl methyl sites for hydroxylation is 1. The fourth-order valence-corrected chi connectivity index (χ4v) is 4.89. The third kappa shape index (κ3) is 5.30. The van der Waals surface area contributed by atoms with Gasteiger partial charge in [-0.25, -0.2) is 4.98 Å². The number of hydrogen-bond acceptors (Lipinski definition) is 10. The Labute approximate surface area is 231 Å². The van der Waals surface area contributed by atoms with E-state index in [0.717, 1.165) is 0 Å². The molecule has 1 saturated heterocycles. The Morgan fingerprint density at radius 2 is 1.74 bits per heavy atom. The number of nitrogens with zero attached hydrogens (tertiary/aromatic N) is 3. The van der Waals surface area contributed by atoms with Crippen LogP contribution in [0.4, 0.5) is 11.6 Å². The first-order valence-electron chi connectivity index (χ1n) is 11.8. The summed E-state index contributed by atoms with van der Waals surface area (Å²) in [7, 11) is 1.60. The SMILES string of the molecule is Cn1c(=O)c(-c2c(Cl)cccc2Cl)cc2cnc(Nc3ccc(OC4OC(CO)C(O)C(O)C4O)cc3)nc21. The molecule has 0 saturated carbocycles. The second-order valence-electron chi connectivity index (χ2n) is 8.96. The summed E-state index contributed by atoms with van der Waals surface area (Å²) in [4.78, 5) is 22.0. The highest BCUT2D eigenvalue weighted by atomic mass is 35.5. The number of aliphatic hydroxyl groups is 4. The lowest BCUT2D eigenvalue weighted by Gasteiger charge is -2.39. The lowest BCUT2D eigenvalue weighted by Crippen LogP contribution is -2.60. The first kappa shape index (κ1) is 27.3. The van der Waals surface area contributed by atoms with E-state index in [4.69, 9.17) is 32.7 Å². The Balaban J connectivity index is 1.35. The predicted octanol–water partition coefficient (Wildman–Crippen LogP) is 2.22. The molecule has 13 heteroatoms. The van der Waals surface area contributed by atoms with Gasteiger partial charge in [-0.05, 0) is 42.5 Å². The smallest absolute Gasteiger partial charge is 0.259 e. The van der Waals surface area contributed by atoms with Crippen molar-refractivity contribution in [2.75, 3.05) is 11.9 Å². The maximum atomic E-state index is 13.1. The predicted molar refractivity (Wildman–Crippen MR) is 144 cm³/mol. The fourth-order valence-electron chi connectivity index (χ4n) is 4.29. The highest BCUT2D eigenvalue weighted by Gasteiger charge is 2.44. The number of rotatable bonds is 6. The molecule has 5 N–H and O–H groups in total. The zero-order valence-corrected chi connectivity index (χ0v) is 21.9. The Morgan fingerprint density at radius 3 is 2.41 bits per heavy atom. The van der Waals surface area contributed by atoms with E-state index < -0.39 is 37.3 Å². The monoisotopic (exact) mass is 574 g/mol. The maximum absolute atomic E-state index is 13.1. The number of halogens is 2. The topological polar surface area (TPSA) is 159 Å². The van der Waals surface area contributed by atoms with Gasteiger partial charge in [0.1, 0.15) is 35.8 Å². The molecular weight excluding hydrogens is 551 g/mol. The summed E-state index contributed by atoms with van der Waals surface area (Å²) in [6, 6.07) is 13.2. The van der Waals surface area contributed by atoms with Crippen molar-refractivity contribution in [3.05, 3.63) is 75.1 Å². The Morgan fingerprint density at radius 1 is 1.05 bits per heavy atom. The van der Waals surface area contributed by atoms with Crippen molar-refractivity contribution >= 4 is 45.9 Å². The molecule has 1 aliphatic rings. The molecule has 1 fully saturated rings. The Kier molecular flexibility index (Phi) is 7.74. The Hall–Kier alpha value is -3.29. The zero-order valence-electron chi connectivity index (χ0n) is 20.4. The van der Waals surface area contributed by atoms with Crippen LogP contribution in [0.5, 0.6) is 5.75 Å². The number of aromatic nitrogens is 3. The molecule has 0 amide bonds. The summed E-state index contributed by atoms with van der Waals surface area (Å²) in [6.07, 6.45) is -5.33. The minimum Gasteiger partial charge on any atom is -0.462 e. The van der Waals surface area contributed by atoms with Crippen LogP contribution in [-0.2, 0) is 11.8 Å². The molecule has 1 aliphatic heterocycles. The minimum atomic E-state index is -1.54. The first-order chi connectivity index (χ1) is 18.7. The van der Waals surface area contributed by atoms with Crippen LogP contribution < -0.4 is 15.6 Å². The van der Waals surface area contributed by atoms with Crippen molar-refractivity contribution in [1.29, 1.82) is 0 Å². The van der Waals surface area contributed by atoms with Crippen LogP contribution in [0.1, 0.15) is 0 Å². The van der Waals surface area contributed by atoms with Crippen molar-refractivity contribution in [1.82, 2.24) is 14.5 Å². The lowest BCUT2D eigenvalue weighted by atomic mass is 9.99. The van der Waals surface area contributed by atoms with E-state index in [1.54, 1.807) is 61.8 Å². The van der Waals surface area contributed by atoms with Gasteiger partial charge in [0, 0.05) is 29.9 Å². The van der Waals surface area contributed by atoms with Crippen LogP contribution in [0, 0.1) is 0 Å². The second-order valence-corrected chi connectivity index (χ2v) is 9.77. The van der Waals surface area contributed by atoms with Crippen LogP contribution in [0.25, 0.3) is 22.2 Å². The standard InChI is InChI=1S/C26H24Cl2N4O7/c1-32-23-12(9-15(24(32)37)19-16(27)3-2-4-17(19)28)10-29-26(31-23)30-13-5-7-14(8-6-13)38-25-22(36)21(35)20(34)18(11-33)39-25/h2-10,18,20-22,25,33-36H,11H2,1H3,(H,29,30,31). The quantitative estimate of drug-likeness (QED) is 0.231. The molecule has 5 atom stereocenters. The molecule has 4 aromatic rings. The molecule has 2 aromatic heterocycles. The molecule has 11 nitrogen and oxygen atoms in total. The molecule has 5 unspecified atom stereocenters. The van der Waals surface area contributed by atoms with Crippen LogP contribution in [0.3, 0.4) is 0 Å². The summed E-state index contributed by atoms with van der Waals surface area (Å²) in [5.74, 6) is 0.543. The van der Waals surface area contributed by atoms with Gasteiger partial charge < -0.3 is 35.2 Å². The zero-order chi connectivity index (χ0) is 27.8. The van der Waals surface area contributed by atoms with Gasteiger partial charge >= 0.3 is 0 Å². The van der Waals surface area contributed by atoms with Gasteiger partial charge in [0.25, 0.3) is 5.56 Å². The first-order valence-corrected chi connectivity index (χ1v) is 12.6. The third-order valence-electron chi connectivity index (χ3n) is 6.39. The van der Waals surface area contributed by atoms with Crippen LogP contribution >= 0.6 is 23.2 Å². The molecule has 0 bridgehead atoms. The number of anilines is 2. The molecule has 39 heavy (non-hydrogen) atoms. The number of ether oxygens (including phenoxy) is 2. The van der Waals surface area contributed by atoms with E-state index in [2.05, 4.69) is 15.3 Å². The van der Waals surface area contributed by atoms with E-state index in [1.807, 2.05) is 0 Å². The summed E-state index contributed by atoms with van der Waals surface area (Å²) in [5.41, 5.74) is 1.44. The largest absolute Gasteiger partial charge is 0.462 e. The van der Waals surface area contributed by atoms with Crippen LogP contribution in [0.15, 0.2) is 59.5 Å². The maximum Gasteiger partial charge on any atom is 0.259 e. The summed E-state index contributed by atoms with van der Waals surface area (Å²) in [5, 5.41) is 43.7. The summed E-state index contributed by atoms with van der Waals surface area (Å²) in [6.45, 7) is -0.555. The van der Waals surface area contributed by atoms with Gasteiger partial charge in [0.15, 0.2) is 0 Å². The molecule has 204 valence electrons. The molecule has 3 heterocycles. The number of fused-ring (bicyclic) bond motifs is 1. The summed E-state index contributed by atoms with van der Waals surface area (Å²) >= 11 is 12.6. The van der Waals surface area contributed by atoms with Gasteiger partial charge in [-0.15, -0.1) is 0 Å². The number of nitrogens with one attached hydrogen (secondary N) is 1. The minimum absolute atomic E-state index is 0.239. The average molecular weight is 575 g/mol. The highest BCUT2D eigenvalue weighted by molar-refractivity contribution is 6.39. The van der Waals surface area contributed by atoms with Gasteiger partial charge in [0.2, 0.25) is 12.2 Å². The normalized spacial score (nSPS) is 23.1. The van der Waals surface area contributed by atoms with Crippen molar-refractivity contribution in [3.63, 3.8) is 0 Å². The van der Waals surface area contributed by atoms with Crippen molar-refractivity contribution in [3.8, 4) is 16.9 Å². The van der Waals surface area contributed by atoms with E-state index in [0.29, 0.717) is 43.6 Å². The second kappa shape index (κ2) is 11.1. The fraction of sp³-hybridized carbons (Fsp3) is 0.269. The van der Waals surface area contributed by atoms with Gasteiger partial charge in [-0.3, -0.25) is 9.36 Å². The number of hydrogen-bond donors (Lipinski definition) is 5. The lowest BCUT2D eigenvalue weighted by molar-refractivity contribution is -0.277. The van der Waals surface area contributed by atoms with Gasteiger partial charge in [-0.2, -0.15) is 4.98 Å². The highest BCUT2D eigenvalue weighted by Crippen LogP contribution is 2.34. The van der Waals surface area contributed by atoms with Gasteiger partial charge in [0.05, 0.1) is 22.2 Å². The van der Waals surface area contributed by atoms with E-state index in [1.165, 1.54) is 4.57 Å². The molecule has 0 aliphatic carbocycles. The molecule has 0 spiro atoms. The van der Waals surface area contributed by atoms with E-state index in [-0.39, 0.29) is 11.5 Å². The summed E-state index contributed by atoms with van der Waals surface area (Å²) < 4.78 is 12.4. The molecule has 0 radical (unpaired) electrons. The van der Waals surface area contributed by atoms with Crippen LogP contribution in [-0.4, -0.2) is 72.3 Å². The van der Waals surface area contributed by atoms with Crippen molar-refractivity contribution in [2.24, 2.45) is 7.05 Å². The number of pyridine rings is 1. The van der Waals surface area contributed by atoms with Crippen LogP contribution in [0.2, 0.25) is 10.0 Å². The molecular formula is C26H24Cl2N4O7. The van der Waals surface area contributed by atoms with Crippen molar-refractivity contribution < 1.29 is 29.9 Å². The third-order valence-corrected chi connectivity index (χ3v) is 7.02. The average Bonchev–Trinajstić information content (AvgIpc) is 2.93. The number of aliphatic hydroxyl groups excluding tert-OH is 4. The van der Waals surface area contributed by atoms with Gasteiger partial charge in [-0.1, -0.05) is 29.3 Å². The van der Waals surface area contributed by atoms with E-state index in [9.17, 15) is 25.2 Å². The molecule has 5 rings (SSSR count).